The first-order chi connectivity index (χ1) is 9.69. The molecule has 0 atom stereocenters. The highest BCUT2D eigenvalue weighted by Crippen LogP contribution is 2.25. The number of hydrogen-bond acceptors (Lipinski definition) is 2. The third kappa shape index (κ3) is 4.34. The van der Waals surface area contributed by atoms with Crippen LogP contribution in [-0.2, 0) is 0 Å². The Morgan fingerprint density at radius 3 is 2.55 bits per heavy atom. The molecule has 3 nitrogen and oxygen atoms in total. The van der Waals surface area contributed by atoms with Gasteiger partial charge in [-0.3, -0.25) is 4.79 Å². The van der Waals surface area contributed by atoms with Crippen molar-refractivity contribution in [3.8, 4) is 0 Å². The van der Waals surface area contributed by atoms with Crippen molar-refractivity contribution in [3.63, 3.8) is 0 Å². The van der Waals surface area contributed by atoms with Gasteiger partial charge in [0.05, 0.1) is 0 Å². The van der Waals surface area contributed by atoms with E-state index in [0.717, 1.165) is 24.5 Å². The van der Waals surface area contributed by atoms with Gasteiger partial charge in [0.1, 0.15) is 0 Å². The Bertz CT molecular complexity index is 472. The largest absolute Gasteiger partial charge is 0.271 e. The summed E-state index contributed by atoms with van der Waals surface area (Å²) in [5, 5.41) is 4.89. The molecule has 2 rings (SSSR count). The third-order valence-corrected chi connectivity index (χ3v) is 4.05. The maximum atomic E-state index is 11.9. The fourth-order valence-corrected chi connectivity index (χ4v) is 2.74. The molecular formula is C16H21ClN2O. The summed E-state index contributed by atoms with van der Waals surface area (Å²) in [6.45, 7) is 2.23. The number of carbonyl (C=O) groups excluding carboxylic acids is 1. The number of hydrazone groups is 1. The minimum absolute atomic E-state index is 0.176. The Labute approximate surface area is 125 Å². The predicted octanol–water partition coefficient (Wildman–Crippen LogP) is 4.42. The summed E-state index contributed by atoms with van der Waals surface area (Å²) in [6, 6.07) is 6.82. The van der Waals surface area contributed by atoms with E-state index in [1.807, 2.05) is 0 Å². The molecule has 0 radical (unpaired) electrons. The lowest BCUT2D eigenvalue weighted by Gasteiger charge is -2.22. The molecule has 0 heterocycles. The summed E-state index contributed by atoms with van der Waals surface area (Å²) in [5.74, 6) is 0.663. The molecule has 1 fully saturated rings. The first-order valence-electron chi connectivity index (χ1n) is 7.30. The molecule has 20 heavy (non-hydrogen) atoms. The number of amides is 1. The molecule has 1 aromatic carbocycles. The van der Waals surface area contributed by atoms with E-state index >= 15 is 0 Å². The van der Waals surface area contributed by atoms with Crippen LogP contribution in [0.5, 0.6) is 0 Å². The minimum Gasteiger partial charge on any atom is -0.267 e. The van der Waals surface area contributed by atoms with Gasteiger partial charge in [0.25, 0.3) is 5.91 Å². The summed E-state index contributed by atoms with van der Waals surface area (Å²) in [6.07, 6.45) is 6.97. The molecule has 1 aromatic rings. The van der Waals surface area contributed by atoms with E-state index in [1.165, 1.54) is 25.7 Å². The third-order valence-electron chi connectivity index (χ3n) is 3.80. The molecule has 1 N–H and O–H groups in total. The second-order valence-electron chi connectivity index (χ2n) is 5.36. The Balaban J connectivity index is 1.84. The normalized spacial score (nSPS) is 18.7. The summed E-state index contributed by atoms with van der Waals surface area (Å²) < 4.78 is 0. The average molecular weight is 293 g/mol. The zero-order valence-electron chi connectivity index (χ0n) is 11.9. The van der Waals surface area contributed by atoms with Crippen molar-refractivity contribution in [1.82, 2.24) is 5.43 Å². The highest BCUT2D eigenvalue weighted by molar-refractivity contribution is 6.30. The lowest BCUT2D eigenvalue weighted by atomic mass is 9.85. The highest BCUT2D eigenvalue weighted by atomic mass is 35.5. The maximum absolute atomic E-state index is 11.9. The van der Waals surface area contributed by atoms with Gasteiger partial charge in [-0.1, -0.05) is 31.4 Å². The Hall–Kier alpha value is -1.35. The van der Waals surface area contributed by atoms with E-state index in [4.69, 9.17) is 11.6 Å². The average Bonchev–Trinajstić information content (AvgIpc) is 2.47. The van der Waals surface area contributed by atoms with Crippen LogP contribution in [0.3, 0.4) is 0 Å². The first-order valence-corrected chi connectivity index (χ1v) is 7.68. The van der Waals surface area contributed by atoms with Crippen molar-refractivity contribution in [2.45, 2.75) is 45.4 Å². The molecule has 1 aliphatic carbocycles. The Morgan fingerprint density at radius 1 is 1.30 bits per heavy atom. The Kier molecular flexibility index (Phi) is 5.60. The molecule has 1 aliphatic rings. The molecule has 0 unspecified atom stereocenters. The number of carbonyl (C=O) groups is 1. The SMILES string of the molecule is CCCC1CCC(=NNC(=O)c2ccc(Cl)cc2)CC1. The molecule has 0 bridgehead atoms. The van der Waals surface area contributed by atoms with Gasteiger partial charge in [-0.25, -0.2) is 5.43 Å². The fraction of sp³-hybridized carbons (Fsp3) is 0.500. The topological polar surface area (TPSA) is 41.5 Å². The van der Waals surface area contributed by atoms with Crippen molar-refractivity contribution in [3.05, 3.63) is 34.9 Å². The van der Waals surface area contributed by atoms with Crippen LogP contribution in [0.25, 0.3) is 0 Å². The molecular weight excluding hydrogens is 272 g/mol. The quantitative estimate of drug-likeness (QED) is 0.820. The summed E-state index contributed by atoms with van der Waals surface area (Å²) >= 11 is 5.80. The molecule has 1 amide bonds. The Morgan fingerprint density at radius 2 is 1.95 bits per heavy atom. The number of hydrogen-bond donors (Lipinski definition) is 1. The van der Waals surface area contributed by atoms with E-state index in [1.54, 1.807) is 24.3 Å². The van der Waals surface area contributed by atoms with E-state index < -0.39 is 0 Å². The lowest BCUT2D eigenvalue weighted by Crippen LogP contribution is -2.22. The standard InChI is InChI=1S/C16H21ClN2O/c1-2-3-12-4-10-15(11-5-12)18-19-16(20)13-6-8-14(17)9-7-13/h6-9,12H,2-5,10-11H2,1H3,(H,19,20). The number of benzene rings is 1. The fourth-order valence-electron chi connectivity index (χ4n) is 2.62. The van der Waals surface area contributed by atoms with E-state index in [-0.39, 0.29) is 5.91 Å². The van der Waals surface area contributed by atoms with Crippen molar-refractivity contribution in [2.24, 2.45) is 11.0 Å². The monoisotopic (exact) mass is 292 g/mol. The second-order valence-corrected chi connectivity index (χ2v) is 5.79. The molecule has 1 saturated carbocycles. The number of nitrogens with one attached hydrogen (secondary N) is 1. The molecule has 0 saturated heterocycles. The van der Waals surface area contributed by atoms with Crippen molar-refractivity contribution >= 4 is 23.2 Å². The van der Waals surface area contributed by atoms with Gasteiger partial charge < -0.3 is 0 Å². The zero-order chi connectivity index (χ0) is 14.4. The van der Waals surface area contributed by atoms with Crippen LogP contribution >= 0.6 is 11.6 Å². The van der Waals surface area contributed by atoms with Gasteiger partial charge in [0, 0.05) is 16.3 Å². The molecule has 108 valence electrons. The van der Waals surface area contributed by atoms with Gasteiger partial charge in [-0.15, -0.1) is 0 Å². The van der Waals surface area contributed by atoms with Gasteiger partial charge in [0.15, 0.2) is 0 Å². The van der Waals surface area contributed by atoms with Crippen LogP contribution in [0.15, 0.2) is 29.4 Å². The smallest absolute Gasteiger partial charge is 0.267 e. The predicted molar refractivity (Wildman–Crippen MR) is 83.2 cm³/mol. The van der Waals surface area contributed by atoms with Crippen LogP contribution in [-0.4, -0.2) is 11.6 Å². The van der Waals surface area contributed by atoms with Gasteiger partial charge >= 0.3 is 0 Å². The van der Waals surface area contributed by atoms with Crippen LogP contribution in [0.4, 0.5) is 0 Å². The van der Waals surface area contributed by atoms with E-state index in [0.29, 0.717) is 10.6 Å². The van der Waals surface area contributed by atoms with Crippen molar-refractivity contribution in [1.29, 1.82) is 0 Å². The highest BCUT2D eigenvalue weighted by Gasteiger charge is 2.17. The van der Waals surface area contributed by atoms with Gasteiger partial charge in [0.2, 0.25) is 0 Å². The maximum Gasteiger partial charge on any atom is 0.271 e. The lowest BCUT2D eigenvalue weighted by molar-refractivity contribution is 0.0954. The minimum atomic E-state index is -0.176. The van der Waals surface area contributed by atoms with Gasteiger partial charge in [-0.2, -0.15) is 5.10 Å². The molecule has 0 aromatic heterocycles. The zero-order valence-corrected chi connectivity index (χ0v) is 12.6. The van der Waals surface area contributed by atoms with Crippen LogP contribution < -0.4 is 5.43 Å². The van der Waals surface area contributed by atoms with Crippen LogP contribution in [0.1, 0.15) is 55.8 Å². The summed E-state index contributed by atoms with van der Waals surface area (Å²) in [4.78, 5) is 11.9. The number of halogens is 1. The van der Waals surface area contributed by atoms with E-state index in [2.05, 4.69) is 17.5 Å². The van der Waals surface area contributed by atoms with Crippen molar-refractivity contribution in [2.75, 3.05) is 0 Å². The van der Waals surface area contributed by atoms with Crippen molar-refractivity contribution < 1.29 is 4.79 Å². The van der Waals surface area contributed by atoms with Gasteiger partial charge in [-0.05, 0) is 55.9 Å². The molecule has 0 spiro atoms. The number of rotatable bonds is 4. The van der Waals surface area contributed by atoms with Crippen LogP contribution in [0.2, 0.25) is 5.02 Å². The summed E-state index contributed by atoms with van der Waals surface area (Å²) in [7, 11) is 0. The molecule has 0 aliphatic heterocycles. The number of nitrogens with zero attached hydrogens (tertiary/aromatic N) is 1. The second kappa shape index (κ2) is 7.44. The first kappa shape index (κ1) is 15.0. The van der Waals surface area contributed by atoms with Crippen LogP contribution in [0, 0.1) is 5.92 Å². The summed E-state index contributed by atoms with van der Waals surface area (Å²) in [5.41, 5.74) is 4.33. The van der Waals surface area contributed by atoms with E-state index in [9.17, 15) is 4.79 Å². The molecule has 4 heteroatoms.